The van der Waals surface area contributed by atoms with E-state index >= 15 is 0 Å². The number of imidazole rings is 1. The Balaban J connectivity index is 1.56. The van der Waals surface area contributed by atoms with Crippen molar-refractivity contribution in [3.63, 3.8) is 0 Å². The first-order valence-electron chi connectivity index (χ1n) is 12.1. The predicted octanol–water partition coefficient (Wildman–Crippen LogP) is 6.77. The predicted molar refractivity (Wildman–Crippen MR) is 137 cm³/mol. The first kappa shape index (κ1) is 23.9. The average molecular weight is 492 g/mol. The molecule has 1 saturated heterocycles. The van der Waals surface area contributed by atoms with Crippen molar-refractivity contribution in [3.05, 3.63) is 84.1 Å². The zero-order chi connectivity index (χ0) is 25.1. The number of halogens is 3. The Morgan fingerprint density at radius 2 is 1.67 bits per heavy atom. The molecule has 186 valence electrons. The number of benzene rings is 2. The number of anilines is 2. The number of alkyl halides is 3. The second-order valence-corrected chi connectivity index (χ2v) is 9.06. The smallest absolute Gasteiger partial charge is 0.366 e. The molecule has 4 aromatic rings. The van der Waals surface area contributed by atoms with E-state index in [1.807, 2.05) is 54.1 Å². The molecule has 0 aliphatic carbocycles. The third-order valence-corrected chi connectivity index (χ3v) is 6.52. The van der Waals surface area contributed by atoms with Crippen LogP contribution in [-0.2, 0) is 19.8 Å². The van der Waals surface area contributed by atoms with Crippen molar-refractivity contribution in [2.45, 2.75) is 32.0 Å². The van der Waals surface area contributed by atoms with Crippen molar-refractivity contribution in [2.75, 3.05) is 23.3 Å². The number of rotatable bonds is 6. The maximum Gasteiger partial charge on any atom is 0.416 e. The summed E-state index contributed by atoms with van der Waals surface area (Å²) in [6, 6.07) is 19.2. The lowest BCUT2D eigenvalue weighted by Gasteiger charge is -2.27. The Hall–Kier alpha value is -3.81. The minimum Gasteiger partial charge on any atom is -0.366 e. The maximum atomic E-state index is 13.5. The summed E-state index contributed by atoms with van der Waals surface area (Å²) in [6.07, 6.45) is 0.604. The van der Waals surface area contributed by atoms with E-state index in [4.69, 9.17) is 4.98 Å². The van der Waals surface area contributed by atoms with Gasteiger partial charge in [0.1, 0.15) is 5.82 Å². The Bertz CT molecular complexity index is 1320. The number of hydrogen-bond donors (Lipinski definition) is 1. The highest BCUT2D eigenvalue weighted by molar-refractivity contribution is 5.82. The van der Waals surface area contributed by atoms with Gasteiger partial charge >= 0.3 is 6.18 Å². The molecule has 2 aromatic carbocycles. The lowest BCUT2D eigenvalue weighted by atomic mass is 10.0. The Morgan fingerprint density at radius 3 is 2.42 bits per heavy atom. The lowest BCUT2D eigenvalue weighted by molar-refractivity contribution is -0.137. The molecule has 1 N–H and O–H groups in total. The lowest BCUT2D eigenvalue weighted by Crippen LogP contribution is -2.31. The number of aromatic nitrogens is 3. The summed E-state index contributed by atoms with van der Waals surface area (Å²) in [5, 5.41) is 3.34. The van der Waals surface area contributed by atoms with Gasteiger partial charge in [-0.05, 0) is 49.1 Å². The monoisotopic (exact) mass is 491 g/mol. The van der Waals surface area contributed by atoms with Crippen LogP contribution in [0.2, 0.25) is 0 Å². The van der Waals surface area contributed by atoms with E-state index in [1.165, 1.54) is 18.6 Å². The van der Waals surface area contributed by atoms with Crippen LogP contribution in [0.3, 0.4) is 0 Å². The molecule has 2 aromatic heterocycles. The maximum absolute atomic E-state index is 13.5. The van der Waals surface area contributed by atoms with Crippen molar-refractivity contribution in [1.29, 1.82) is 0 Å². The molecular weight excluding hydrogens is 463 g/mol. The third kappa shape index (κ3) is 5.08. The van der Waals surface area contributed by atoms with Crippen LogP contribution in [0.1, 0.15) is 30.4 Å². The fraction of sp³-hybridized carbons (Fsp3) is 0.286. The molecule has 8 heteroatoms. The first-order chi connectivity index (χ1) is 17.4. The van der Waals surface area contributed by atoms with Gasteiger partial charge in [0.25, 0.3) is 0 Å². The quantitative estimate of drug-likeness (QED) is 0.323. The summed E-state index contributed by atoms with van der Waals surface area (Å²) in [6.45, 7) is 2.37. The zero-order valence-electron chi connectivity index (χ0n) is 20.1. The number of nitrogens with zero attached hydrogens (tertiary/aromatic N) is 4. The second-order valence-electron chi connectivity index (χ2n) is 9.06. The molecular formula is C28H28F3N5. The van der Waals surface area contributed by atoms with E-state index in [0.717, 1.165) is 49.1 Å². The molecule has 36 heavy (non-hydrogen) atoms. The van der Waals surface area contributed by atoms with Gasteiger partial charge < -0.3 is 14.8 Å². The van der Waals surface area contributed by atoms with Crippen molar-refractivity contribution >= 4 is 11.8 Å². The molecule has 5 rings (SSSR count). The molecule has 3 heterocycles. The molecule has 1 aliphatic heterocycles. The molecule has 0 amide bonds. The van der Waals surface area contributed by atoms with Crippen molar-refractivity contribution < 1.29 is 13.2 Å². The van der Waals surface area contributed by atoms with Crippen molar-refractivity contribution in [1.82, 2.24) is 14.5 Å². The fourth-order valence-corrected chi connectivity index (χ4v) is 4.70. The minimum absolute atomic E-state index is 0.480. The number of piperidine rings is 1. The standard InChI is InChI=1S/C28H28F3N5/c1-35-26(22-11-8-12-23(17-22)28(29,30)31)25(34-27(35)36-15-6-3-7-16-36)21-13-14-32-24(18-21)33-19-20-9-4-2-5-10-20/h2,4-5,8-14,17-18H,3,6-7,15-16,19H2,1H3,(H,32,33). The van der Waals surface area contributed by atoms with Crippen molar-refractivity contribution in [2.24, 2.45) is 7.05 Å². The largest absolute Gasteiger partial charge is 0.416 e. The van der Waals surface area contributed by atoms with Gasteiger partial charge in [-0.1, -0.05) is 42.5 Å². The van der Waals surface area contributed by atoms with Crippen LogP contribution < -0.4 is 10.2 Å². The second kappa shape index (κ2) is 10.0. The summed E-state index contributed by atoms with van der Waals surface area (Å²) in [4.78, 5) is 11.6. The number of nitrogens with one attached hydrogen (secondary N) is 1. The molecule has 0 bridgehead atoms. The van der Waals surface area contributed by atoms with Gasteiger partial charge in [0.15, 0.2) is 0 Å². The van der Waals surface area contributed by atoms with Gasteiger partial charge in [0, 0.05) is 44.0 Å². The molecule has 0 radical (unpaired) electrons. The highest BCUT2D eigenvalue weighted by Gasteiger charge is 2.31. The summed E-state index contributed by atoms with van der Waals surface area (Å²) in [5.74, 6) is 1.45. The van der Waals surface area contributed by atoms with Gasteiger partial charge in [-0.15, -0.1) is 0 Å². The summed E-state index contributed by atoms with van der Waals surface area (Å²) in [7, 11) is 1.88. The van der Waals surface area contributed by atoms with E-state index in [2.05, 4.69) is 15.2 Å². The highest BCUT2D eigenvalue weighted by Crippen LogP contribution is 2.38. The van der Waals surface area contributed by atoms with Crippen molar-refractivity contribution in [3.8, 4) is 22.5 Å². The van der Waals surface area contributed by atoms with Gasteiger partial charge in [-0.25, -0.2) is 9.97 Å². The average Bonchev–Trinajstić information content (AvgIpc) is 3.25. The Labute approximate surface area is 208 Å². The Kier molecular flexibility index (Phi) is 6.67. The van der Waals surface area contributed by atoms with E-state index in [0.29, 0.717) is 29.3 Å². The van der Waals surface area contributed by atoms with Crippen LogP contribution in [0.4, 0.5) is 24.9 Å². The van der Waals surface area contributed by atoms with Gasteiger partial charge in [0.2, 0.25) is 5.95 Å². The van der Waals surface area contributed by atoms with Crippen LogP contribution in [0.15, 0.2) is 72.9 Å². The van der Waals surface area contributed by atoms with E-state index in [9.17, 15) is 13.2 Å². The Morgan fingerprint density at radius 1 is 0.889 bits per heavy atom. The number of pyridine rings is 1. The summed E-state index contributed by atoms with van der Waals surface area (Å²) >= 11 is 0. The summed E-state index contributed by atoms with van der Waals surface area (Å²) in [5.41, 5.74) is 3.02. The van der Waals surface area contributed by atoms with Gasteiger partial charge in [-0.2, -0.15) is 13.2 Å². The van der Waals surface area contributed by atoms with E-state index in [1.54, 1.807) is 12.3 Å². The SMILES string of the molecule is Cn1c(N2CCCCC2)nc(-c2ccnc(NCc3ccccc3)c2)c1-c1cccc(C(F)(F)F)c1. The van der Waals surface area contributed by atoms with E-state index in [-0.39, 0.29) is 0 Å². The van der Waals surface area contributed by atoms with Gasteiger partial charge in [0.05, 0.1) is 17.0 Å². The van der Waals surface area contributed by atoms with Crippen LogP contribution in [-0.4, -0.2) is 27.6 Å². The summed E-state index contributed by atoms with van der Waals surface area (Å²) < 4.78 is 42.5. The van der Waals surface area contributed by atoms with Crippen LogP contribution in [0, 0.1) is 0 Å². The highest BCUT2D eigenvalue weighted by atomic mass is 19.4. The van der Waals surface area contributed by atoms with Gasteiger partial charge in [-0.3, -0.25) is 0 Å². The minimum atomic E-state index is -4.42. The molecule has 5 nitrogen and oxygen atoms in total. The molecule has 0 saturated carbocycles. The number of hydrogen-bond acceptors (Lipinski definition) is 4. The van der Waals surface area contributed by atoms with Crippen LogP contribution in [0.25, 0.3) is 22.5 Å². The topological polar surface area (TPSA) is 46.0 Å². The van der Waals surface area contributed by atoms with Crippen LogP contribution >= 0.6 is 0 Å². The fourth-order valence-electron chi connectivity index (χ4n) is 4.70. The third-order valence-electron chi connectivity index (χ3n) is 6.52. The van der Waals surface area contributed by atoms with E-state index < -0.39 is 11.7 Å². The molecule has 0 unspecified atom stereocenters. The van der Waals surface area contributed by atoms with Crippen LogP contribution in [0.5, 0.6) is 0 Å². The molecule has 1 fully saturated rings. The first-order valence-corrected chi connectivity index (χ1v) is 12.1. The molecule has 0 spiro atoms. The molecule has 1 aliphatic rings. The zero-order valence-corrected chi connectivity index (χ0v) is 20.1. The normalized spacial score (nSPS) is 14.2. The molecule has 0 atom stereocenters.